The molecule has 2 aromatic heterocycles. The quantitative estimate of drug-likeness (QED) is 0.640. The molecule has 0 radical (unpaired) electrons. The van der Waals surface area contributed by atoms with Crippen LogP contribution in [0.5, 0.6) is 0 Å². The zero-order valence-corrected chi connectivity index (χ0v) is 19.6. The lowest BCUT2D eigenvalue weighted by Gasteiger charge is -2.24. The zero-order chi connectivity index (χ0) is 23.0. The molecule has 0 unspecified atom stereocenters. The van der Waals surface area contributed by atoms with E-state index in [1.54, 1.807) is 17.8 Å². The number of nitrogens with one attached hydrogen (secondary N) is 1. The van der Waals surface area contributed by atoms with Crippen LogP contribution in [0.1, 0.15) is 35.3 Å². The van der Waals surface area contributed by atoms with E-state index in [1.165, 1.54) is 11.1 Å². The predicted octanol–water partition coefficient (Wildman–Crippen LogP) is 3.64. The van der Waals surface area contributed by atoms with Crippen molar-refractivity contribution in [2.45, 2.75) is 39.3 Å². The van der Waals surface area contributed by atoms with E-state index < -0.39 is 0 Å². The fraction of sp³-hybridized carbons (Fsp3) is 0.400. The van der Waals surface area contributed by atoms with Gasteiger partial charge in [-0.2, -0.15) is 0 Å². The highest BCUT2D eigenvalue weighted by molar-refractivity contribution is 5.64. The van der Waals surface area contributed by atoms with Gasteiger partial charge in [-0.25, -0.2) is 9.97 Å². The van der Waals surface area contributed by atoms with E-state index in [0.717, 1.165) is 23.4 Å². The third-order valence-electron chi connectivity index (χ3n) is 6.13. The van der Waals surface area contributed by atoms with Crippen LogP contribution in [0.25, 0.3) is 11.4 Å². The Morgan fingerprint density at radius 2 is 2.00 bits per heavy atom. The zero-order valence-electron chi connectivity index (χ0n) is 19.6. The van der Waals surface area contributed by atoms with Crippen LogP contribution in [0.15, 0.2) is 41.3 Å². The Labute approximate surface area is 189 Å². The van der Waals surface area contributed by atoms with Gasteiger partial charge in [0.05, 0.1) is 17.8 Å². The summed E-state index contributed by atoms with van der Waals surface area (Å²) >= 11 is 0. The highest BCUT2D eigenvalue weighted by Crippen LogP contribution is 2.36. The number of nitrogens with zero attached hydrogens (tertiary/aromatic N) is 4. The van der Waals surface area contributed by atoms with Crippen LogP contribution in [0.2, 0.25) is 0 Å². The van der Waals surface area contributed by atoms with Crippen LogP contribution < -0.4 is 15.8 Å². The molecule has 2 heterocycles. The minimum atomic E-state index is -0.108. The number of hydrogen-bond donors (Lipinski definition) is 1. The lowest BCUT2D eigenvalue weighted by molar-refractivity contribution is 0.0574. The predicted molar refractivity (Wildman–Crippen MR) is 128 cm³/mol. The third kappa shape index (κ3) is 3.88. The van der Waals surface area contributed by atoms with Crippen molar-refractivity contribution in [2.75, 3.05) is 30.9 Å². The number of aromatic nitrogens is 3. The first-order valence-corrected chi connectivity index (χ1v) is 11.0. The van der Waals surface area contributed by atoms with E-state index in [9.17, 15) is 4.79 Å². The summed E-state index contributed by atoms with van der Waals surface area (Å²) in [7, 11) is 5.67. The lowest BCUT2D eigenvalue weighted by Crippen LogP contribution is -2.31. The van der Waals surface area contributed by atoms with Crippen molar-refractivity contribution in [3.63, 3.8) is 0 Å². The number of ether oxygens (including phenoxy) is 1. The molecule has 32 heavy (non-hydrogen) atoms. The van der Waals surface area contributed by atoms with Crippen molar-refractivity contribution in [3.8, 4) is 11.4 Å². The topological polar surface area (TPSA) is 72.3 Å². The van der Waals surface area contributed by atoms with Gasteiger partial charge in [0.2, 0.25) is 0 Å². The number of rotatable bonds is 6. The van der Waals surface area contributed by atoms with Gasteiger partial charge in [0.1, 0.15) is 17.3 Å². The average molecular weight is 434 g/mol. The fourth-order valence-corrected chi connectivity index (χ4v) is 4.39. The highest BCUT2D eigenvalue weighted by Gasteiger charge is 2.34. The minimum Gasteiger partial charge on any atom is -0.376 e. The molecule has 0 saturated heterocycles. The Kier molecular flexibility index (Phi) is 6.02. The first-order valence-electron chi connectivity index (χ1n) is 11.0. The van der Waals surface area contributed by atoms with Gasteiger partial charge < -0.3 is 15.0 Å². The normalized spacial score (nSPS) is 17.3. The van der Waals surface area contributed by atoms with Gasteiger partial charge in [-0.3, -0.25) is 9.36 Å². The van der Waals surface area contributed by atoms with E-state index >= 15 is 0 Å². The second kappa shape index (κ2) is 8.74. The lowest BCUT2D eigenvalue weighted by atomic mass is 10.1. The third-order valence-corrected chi connectivity index (χ3v) is 6.13. The van der Waals surface area contributed by atoms with Crippen LogP contribution >= 0.6 is 0 Å². The smallest absolute Gasteiger partial charge is 0.277 e. The van der Waals surface area contributed by atoms with Crippen molar-refractivity contribution in [1.29, 1.82) is 0 Å². The summed E-state index contributed by atoms with van der Waals surface area (Å²) in [5, 5.41) is 3.48. The number of pyridine rings is 1. The maximum atomic E-state index is 13.4. The van der Waals surface area contributed by atoms with Crippen molar-refractivity contribution < 1.29 is 4.74 Å². The Morgan fingerprint density at radius 1 is 1.25 bits per heavy atom. The van der Waals surface area contributed by atoms with E-state index in [4.69, 9.17) is 9.72 Å². The molecule has 0 fully saturated rings. The molecular weight excluding hydrogens is 402 g/mol. The summed E-state index contributed by atoms with van der Waals surface area (Å²) < 4.78 is 7.62. The molecule has 1 aliphatic carbocycles. The molecule has 1 N–H and O–H groups in total. The van der Waals surface area contributed by atoms with Gasteiger partial charge in [-0.05, 0) is 43.5 Å². The van der Waals surface area contributed by atoms with Gasteiger partial charge in [0.25, 0.3) is 5.56 Å². The molecule has 1 aliphatic rings. The molecule has 7 nitrogen and oxygen atoms in total. The second-order valence-corrected chi connectivity index (χ2v) is 8.53. The van der Waals surface area contributed by atoms with Crippen LogP contribution in [0.4, 0.5) is 11.5 Å². The SMILES string of the molecule is CCO[C@H]1Cc2ccccc2[C@H]1Nc1c(C)nc(-c2cnc(N(C)C)cc2C)n(C)c1=O. The van der Waals surface area contributed by atoms with Crippen molar-refractivity contribution in [3.05, 3.63) is 69.3 Å². The van der Waals surface area contributed by atoms with Gasteiger partial charge in [0, 0.05) is 45.9 Å². The van der Waals surface area contributed by atoms with E-state index in [-0.39, 0.29) is 17.7 Å². The number of aryl methyl sites for hydroxylation is 2. The Hall–Kier alpha value is -3.19. The molecule has 2 atom stereocenters. The highest BCUT2D eigenvalue weighted by atomic mass is 16.5. The number of benzene rings is 1. The summed E-state index contributed by atoms with van der Waals surface area (Å²) in [6.07, 6.45) is 2.60. The van der Waals surface area contributed by atoms with Gasteiger partial charge in [-0.15, -0.1) is 0 Å². The van der Waals surface area contributed by atoms with Crippen LogP contribution in [-0.2, 0) is 18.2 Å². The second-order valence-electron chi connectivity index (χ2n) is 8.53. The van der Waals surface area contributed by atoms with E-state index in [1.807, 2.05) is 58.0 Å². The van der Waals surface area contributed by atoms with Crippen LogP contribution in [0, 0.1) is 13.8 Å². The summed E-state index contributed by atoms with van der Waals surface area (Å²) in [5.41, 5.74) is 5.37. The molecule has 0 aliphatic heterocycles. The molecule has 0 saturated carbocycles. The van der Waals surface area contributed by atoms with Gasteiger partial charge in [0.15, 0.2) is 0 Å². The van der Waals surface area contributed by atoms with Crippen molar-refractivity contribution >= 4 is 11.5 Å². The van der Waals surface area contributed by atoms with Gasteiger partial charge in [-0.1, -0.05) is 24.3 Å². The largest absolute Gasteiger partial charge is 0.376 e. The summed E-state index contributed by atoms with van der Waals surface area (Å²) in [4.78, 5) is 24.7. The number of fused-ring (bicyclic) bond motifs is 1. The standard InChI is InChI=1S/C25H31N5O2/c1-7-32-20-13-17-10-8-9-11-18(17)23(20)28-22-16(3)27-24(30(6)25(22)31)19-14-26-21(29(4)5)12-15(19)2/h8-12,14,20,23,28H,7,13H2,1-6H3/t20-,23+/m0/s1. The monoisotopic (exact) mass is 433 g/mol. The number of anilines is 2. The van der Waals surface area contributed by atoms with Crippen molar-refractivity contribution in [1.82, 2.24) is 14.5 Å². The Bertz CT molecular complexity index is 1200. The van der Waals surface area contributed by atoms with E-state index in [0.29, 0.717) is 23.8 Å². The maximum absolute atomic E-state index is 13.4. The summed E-state index contributed by atoms with van der Waals surface area (Å²) in [5.74, 6) is 1.48. The summed E-state index contributed by atoms with van der Waals surface area (Å²) in [6, 6.07) is 10.2. The molecule has 168 valence electrons. The minimum absolute atomic E-state index is 0.0220. The Morgan fingerprint density at radius 3 is 2.69 bits per heavy atom. The van der Waals surface area contributed by atoms with Crippen LogP contribution in [-0.4, -0.2) is 41.3 Å². The first-order chi connectivity index (χ1) is 15.3. The molecular formula is C25H31N5O2. The molecule has 0 spiro atoms. The van der Waals surface area contributed by atoms with E-state index in [2.05, 4.69) is 22.4 Å². The van der Waals surface area contributed by atoms with Crippen LogP contribution in [0.3, 0.4) is 0 Å². The van der Waals surface area contributed by atoms with Crippen molar-refractivity contribution in [2.24, 2.45) is 7.05 Å². The summed E-state index contributed by atoms with van der Waals surface area (Å²) in [6.45, 7) is 6.51. The molecule has 0 bridgehead atoms. The van der Waals surface area contributed by atoms with Gasteiger partial charge >= 0.3 is 0 Å². The average Bonchev–Trinajstić information content (AvgIpc) is 3.11. The maximum Gasteiger partial charge on any atom is 0.277 e. The first kappa shape index (κ1) is 22.0. The fourth-order valence-electron chi connectivity index (χ4n) is 4.39. The number of hydrogen-bond acceptors (Lipinski definition) is 6. The molecule has 3 aromatic rings. The Balaban J connectivity index is 1.73. The molecule has 4 rings (SSSR count). The molecule has 1 aromatic carbocycles. The molecule has 7 heteroatoms. The molecule has 0 amide bonds.